The fraction of sp³-hybridized carbons (Fsp3) is 0.667. The van der Waals surface area contributed by atoms with E-state index in [1.54, 1.807) is 6.92 Å². The van der Waals surface area contributed by atoms with Gasteiger partial charge in [0, 0.05) is 32.3 Å². The number of rotatable bonds is 5. The summed E-state index contributed by atoms with van der Waals surface area (Å²) in [5.74, 6) is 0. The van der Waals surface area contributed by atoms with Crippen LogP contribution in [-0.2, 0) is 13.0 Å². The van der Waals surface area contributed by atoms with E-state index in [0.717, 1.165) is 60.9 Å². The fourth-order valence-corrected chi connectivity index (χ4v) is 3.35. The second-order valence-electron chi connectivity index (χ2n) is 7.18. The Balaban J connectivity index is 1.57. The van der Waals surface area contributed by atoms with E-state index < -0.39 is 0 Å². The molecule has 0 aliphatic carbocycles. The van der Waals surface area contributed by atoms with E-state index in [1.165, 1.54) is 0 Å². The predicted octanol–water partition coefficient (Wildman–Crippen LogP) is 1.75. The summed E-state index contributed by atoms with van der Waals surface area (Å²) in [5.41, 5.74) is 5.01. The highest BCUT2D eigenvalue weighted by Gasteiger charge is 2.23. The van der Waals surface area contributed by atoms with Gasteiger partial charge in [0.1, 0.15) is 0 Å². The standard InChI is InChI=1S/C18H28N6O/c1-12(25)9-16-10-24(22-21-16)17-5-7-23(8-6-17)11-18-15(4)19-13(2)14(3)20-18/h10,12,17,25H,5-9,11H2,1-4H3/t12-/m1/s1. The molecule has 25 heavy (non-hydrogen) atoms. The van der Waals surface area contributed by atoms with Gasteiger partial charge in [0.25, 0.3) is 0 Å². The van der Waals surface area contributed by atoms with Crippen LogP contribution in [0.1, 0.15) is 54.3 Å². The number of aliphatic hydroxyl groups is 1. The quantitative estimate of drug-likeness (QED) is 0.890. The van der Waals surface area contributed by atoms with Crippen LogP contribution in [0.5, 0.6) is 0 Å². The largest absolute Gasteiger partial charge is 0.393 e. The van der Waals surface area contributed by atoms with Crippen LogP contribution in [0.2, 0.25) is 0 Å². The normalized spacial score (nSPS) is 17.8. The first-order chi connectivity index (χ1) is 11.9. The number of nitrogens with zero attached hydrogens (tertiary/aromatic N) is 6. The molecule has 0 unspecified atom stereocenters. The van der Waals surface area contributed by atoms with Crippen molar-refractivity contribution in [2.45, 2.75) is 65.6 Å². The van der Waals surface area contributed by atoms with E-state index in [9.17, 15) is 5.11 Å². The third-order valence-electron chi connectivity index (χ3n) is 4.95. The van der Waals surface area contributed by atoms with E-state index >= 15 is 0 Å². The van der Waals surface area contributed by atoms with Crippen molar-refractivity contribution in [2.24, 2.45) is 0 Å². The van der Waals surface area contributed by atoms with Crippen molar-refractivity contribution in [3.05, 3.63) is 34.7 Å². The van der Waals surface area contributed by atoms with Crippen molar-refractivity contribution in [3.8, 4) is 0 Å². The lowest BCUT2D eigenvalue weighted by molar-refractivity contribution is 0.170. The predicted molar refractivity (Wildman–Crippen MR) is 95.2 cm³/mol. The number of aryl methyl sites for hydroxylation is 3. The van der Waals surface area contributed by atoms with Gasteiger partial charge in [-0.2, -0.15) is 0 Å². The summed E-state index contributed by atoms with van der Waals surface area (Å²) in [6.07, 6.45) is 4.26. The van der Waals surface area contributed by atoms with E-state index in [-0.39, 0.29) is 6.10 Å². The van der Waals surface area contributed by atoms with Gasteiger partial charge in [0.15, 0.2) is 0 Å². The highest BCUT2D eigenvalue weighted by molar-refractivity contribution is 5.17. The van der Waals surface area contributed by atoms with Crippen LogP contribution < -0.4 is 0 Å². The van der Waals surface area contributed by atoms with Gasteiger partial charge in [0.2, 0.25) is 0 Å². The molecule has 0 amide bonds. The average molecular weight is 344 g/mol. The zero-order valence-corrected chi connectivity index (χ0v) is 15.6. The van der Waals surface area contributed by atoms with Gasteiger partial charge in [-0.1, -0.05) is 5.21 Å². The lowest BCUT2D eigenvalue weighted by Gasteiger charge is -2.31. The van der Waals surface area contributed by atoms with Crippen molar-refractivity contribution in [2.75, 3.05) is 13.1 Å². The molecule has 136 valence electrons. The first-order valence-electron chi connectivity index (χ1n) is 9.04. The van der Waals surface area contributed by atoms with Crippen molar-refractivity contribution < 1.29 is 5.11 Å². The van der Waals surface area contributed by atoms with Gasteiger partial charge in [-0.05, 0) is 40.5 Å². The van der Waals surface area contributed by atoms with Crippen LogP contribution in [0.15, 0.2) is 6.20 Å². The minimum atomic E-state index is -0.380. The lowest BCUT2D eigenvalue weighted by Crippen LogP contribution is -2.35. The molecule has 1 N–H and O–H groups in total. The summed E-state index contributed by atoms with van der Waals surface area (Å²) in [6.45, 7) is 10.7. The molecule has 3 heterocycles. The maximum absolute atomic E-state index is 9.46. The number of likely N-dealkylation sites (tertiary alicyclic amines) is 1. The van der Waals surface area contributed by atoms with Crippen LogP contribution in [0.4, 0.5) is 0 Å². The summed E-state index contributed by atoms with van der Waals surface area (Å²) >= 11 is 0. The smallest absolute Gasteiger partial charge is 0.0852 e. The molecule has 1 fully saturated rings. The molecule has 2 aromatic heterocycles. The number of aliphatic hydroxyl groups excluding tert-OH is 1. The lowest BCUT2D eigenvalue weighted by atomic mass is 10.0. The Labute approximate surface area is 149 Å². The topological polar surface area (TPSA) is 80.0 Å². The molecule has 0 saturated carbocycles. The average Bonchev–Trinajstić information content (AvgIpc) is 3.01. The molecule has 0 radical (unpaired) electrons. The van der Waals surface area contributed by atoms with Crippen molar-refractivity contribution >= 4 is 0 Å². The van der Waals surface area contributed by atoms with Gasteiger partial charge in [-0.3, -0.25) is 14.9 Å². The summed E-state index contributed by atoms with van der Waals surface area (Å²) in [6, 6.07) is 0.387. The molecule has 1 aliphatic rings. The Hall–Kier alpha value is -1.86. The van der Waals surface area contributed by atoms with E-state index in [0.29, 0.717) is 12.5 Å². The molecular formula is C18H28N6O. The molecule has 0 spiro atoms. The van der Waals surface area contributed by atoms with Gasteiger partial charge in [0.05, 0.1) is 40.6 Å². The Kier molecular flexibility index (Phi) is 5.44. The van der Waals surface area contributed by atoms with Crippen LogP contribution in [0, 0.1) is 20.8 Å². The van der Waals surface area contributed by atoms with Gasteiger partial charge >= 0.3 is 0 Å². The molecule has 7 heteroatoms. The van der Waals surface area contributed by atoms with Crippen LogP contribution in [0.3, 0.4) is 0 Å². The third kappa shape index (κ3) is 4.41. The molecule has 2 aromatic rings. The van der Waals surface area contributed by atoms with Gasteiger partial charge < -0.3 is 5.11 Å². The second-order valence-corrected chi connectivity index (χ2v) is 7.18. The highest BCUT2D eigenvalue weighted by Crippen LogP contribution is 2.23. The summed E-state index contributed by atoms with van der Waals surface area (Å²) in [5, 5.41) is 17.9. The minimum absolute atomic E-state index is 0.380. The summed E-state index contributed by atoms with van der Waals surface area (Å²) in [4.78, 5) is 11.8. The van der Waals surface area contributed by atoms with Crippen molar-refractivity contribution in [3.63, 3.8) is 0 Å². The molecule has 1 aliphatic heterocycles. The molecule has 3 rings (SSSR count). The fourth-order valence-electron chi connectivity index (χ4n) is 3.35. The third-order valence-corrected chi connectivity index (χ3v) is 4.95. The van der Waals surface area contributed by atoms with Gasteiger partial charge in [-0.15, -0.1) is 5.10 Å². The molecule has 0 aromatic carbocycles. The van der Waals surface area contributed by atoms with Crippen molar-refractivity contribution in [1.29, 1.82) is 0 Å². The first-order valence-corrected chi connectivity index (χ1v) is 9.04. The Morgan fingerprint density at radius 2 is 1.80 bits per heavy atom. The molecular weight excluding hydrogens is 316 g/mol. The van der Waals surface area contributed by atoms with Crippen molar-refractivity contribution in [1.82, 2.24) is 29.9 Å². The minimum Gasteiger partial charge on any atom is -0.393 e. The monoisotopic (exact) mass is 344 g/mol. The first kappa shape index (κ1) is 17.9. The zero-order chi connectivity index (χ0) is 18.0. The number of piperidine rings is 1. The molecule has 7 nitrogen and oxygen atoms in total. The highest BCUT2D eigenvalue weighted by atomic mass is 16.3. The van der Waals surface area contributed by atoms with E-state index in [2.05, 4.69) is 20.2 Å². The molecule has 1 atom stereocenters. The van der Waals surface area contributed by atoms with Crippen LogP contribution in [-0.4, -0.2) is 54.2 Å². The maximum Gasteiger partial charge on any atom is 0.0852 e. The molecule has 1 saturated heterocycles. The van der Waals surface area contributed by atoms with Crippen LogP contribution >= 0.6 is 0 Å². The maximum atomic E-state index is 9.46. The molecule has 0 bridgehead atoms. The summed E-state index contributed by atoms with van der Waals surface area (Å²) < 4.78 is 1.97. The van der Waals surface area contributed by atoms with E-state index in [1.807, 2.05) is 31.6 Å². The number of hydrogen-bond acceptors (Lipinski definition) is 6. The SMILES string of the molecule is Cc1nc(C)c(CN2CCC(n3cc(C[C@@H](C)O)nn3)CC2)nc1C. The number of aromatic nitrogens is 5. The number of hydrogen-bond donors (Lipinski definition) is 1. The Morgan fingerprint density at radius 1 is 1.12 bits per heavy atom. The Morgan fingerprint density at radius 3 is 2.48 bits per heavy atom. The summed E-state index contributed by atoms with van der Waals surface area (Å²) in [7, 11) is 0. The zero-order valence-electron chi connectivity index (χ0n) is 15.6. The van der Waals surface area contributed by atoms with E-state index in [4.69, 9.17) is 4.98 Å². The van der Waals surface area contributed by atoms with Crippen LogP contribution in [0.25, 0.3) is 0 Å². The van der Waals surface area contributed by atoms with Gasteiger partial charge in [-0.25, -0.2) is 4.68 Å². The Bertz CT molecular complexity index is 718. The second kappa shape index (κ2) is 7.58.